The van der Waals surface area contributed by atoms with Crippen LogP contribution in [-0.2, 0) is 4.79 Å². The number of rotatable bonds is 5. The molecule has 0 saturated carbocycles. The summed E-state index contributed by atoms with van der Waals surface area (Å²) in [5.41, 5.74) is 1.32. The maximum atomic E-state index is 11.3. The maximum absolute atomic E-state index is 11.3. The number of allylic oxidation sites excluding steroid dienone is 4. The fourth-order valence-corrected chi connectivity index (χ4v) is 1.09. The molecule has 0 fully saturated rings. The van der Waals surface area contributed by atoms with E-state index in [9.17, 15) is 4.79 Å². The molecule has 0 aliphatic rings. The molecule has 0 aromatic carbocycles. The van der Waals surface area contributed by atoms with E-state index in [4.69, 9.17) is 0 Å². The van der Waals surface area contributed by atoms with E-state index in [1.807, 2.05) is 13.8 Å². The zero-order chi connectivity index (χ0) is 10.3. The zero-order valence-corrected chi connectivity index (χ0v) is 9.13. The van der Waals surface area contributed by atoms with E-state index in [2.05, 4.69) is 19.9 Å². The number of hydrogen-bond donors (Lipinski definition) is 0. The zero-order valence-electron chi connectivity index (χ0n) is 9.13. The molecule has 13 heavy (non-hydrogen) atoms. The van der Waals surface area contributed by atoms with Gasteiger partial charge in [0.1, 0.15) is 0 Å². The normalized spacial score (nSPS) is 12.9. The van der Waals surface area contributed by atoms with Gasteiger partial charge in [0, 0.05) is 5.92 Å². The highest BCUT2D eigenvalue weighted by Gasteiger charge is 2.07. The predicted molar refractivity (Wildman–Crippen MR) is 57.7 cm³/mol. The monoisotopic (exact) mass is 180 g/mol. The molecule has 0 amide bonds. The highest BCUT2D eigenvalue weighted by molar-refractivity contribution is 5.91. The third-order valence-electron chi connectivity index (χ3n) is 1.97. The first-order chi connectivity index (χ1) is 6.07. The lowest BCUT2D eigenvalue weighted by molar-refractivity contribution is -0.117. The van der Waals surface area contributed by atoms with Gasteiger partial charge in [-0.25, -0.2) is 0 Å². The van der Waals surface area contributed by atoms with E-state index in [1.165, 1.54) is 5.57 Å². The summed E-state index contributed by atoms with van der Waals surface area (Å²) in [5.74, 6) is 0.399. The number of hydrogen-bond acceptors (Lipinski definition) is 1. The minimum Gasteiger partial charge on any atom is -0.295 e. The second kappa shape index (κ2) is 6.64. The lowest BCUT2D eigenvalue weighted by Gasteiger charge is -2.04. The van der Waals surface area contributed by atoms with Crippen LogP contribution in [0.15, 0.2) is 23.8 Å². The first-order valence-electron chi connectivity index (χ1n) is 4.87. The summed E-state index contributed by atoms with van der Waals surface area (Å²) in [6.07, 6.45) is 7.60. The minimum absolute atomic E-state index is 0.159. The van der Waals surface area contributed by atoms with Gasteiger partial charge >= 0.3 is 0 Å². The van der Waals surface area contributed by atoms with Gasteiger partial charge in [-0.15, -0.1) is 0 Å². The van der Waals surface area contributed by atoms with Gasteiger partial charge in [-0.05, 0) is 39.7 Å². The van der Waals surface area contributed by atoms with Crippen molar-refractivity contribution in [2.45, 2.75) is 40.5 Å². The summed E-state index contributed by atoms with van der Waals surface area (Å²) >= 11 is 0. The summed E-state index contributed by atoms with van der Waals surface area (Å²) < 4.78 is 0. The van der Waals surface area contributed by atoms with Gasteiger partial charge < -0.3 is 0 Å². The standard InChI is InChI=1S/C12H20O/c1-5-7-12(13)11(4)9-6-8-10(2)3/h5,7-8,11H,6,9H2,1-4H3. The van der Waals surface area contributed by atoms with Crippen LogP contribution in [0.3, 0.4) is 0 Å². The molecule has 0 radical (unpaired) electrons. The Balaban J connectivity index is 3.81. The Morgan fingerprint density at radius 3 is 2.46 bits per heavy atom. The largest absolute Gasteiger partial charge is 0.295 e. The van der Waals surface area contributed by atoms with Gasteiger partial charge in [0.05, 0.1) is 0 Å². The minimum atomic E-state index is 0.159. The quantitative estimate of drug-likeness (QED) is 0.467. The fraction of sp³-hybridized carbons (Fsp3) is 0.583. The van der Waals surface area contributed by atoms with Crippen LogP contribution in [0.2, 0.25) is 0 Å². The Bertz CT molecular complexity index is 207. The summed E-state index contributed by atoms with van der Waals surface area (Å²) in [5, 5.41) is 0. The number of carbonyl (C=O) groups is 1. The molecule has 0 bridgehead atoms. The van der Waals surface area contributed by atoms with Crippen LogP contribution in [-0.4, -0.2) is 5.78 Å². The van der Waals surface area contributed by atoms with Crippen LogP contribution in [0.25, 0.3) is 0 Å². The van der Waals surface area contributed by atoms with Crippen molar-refractivity contribution in [3.63, 3.8) is 0 Å². The molecule has 0 aliphatic carbocycles. The van der Waals surface area contributed by atoms with Gasteiger partial charge in [0.15, 0.2) is 5.78 Å². The van der Waals surface area contributed by atoms with Crippen molar-refractivity contribution < 1.29 is 4.79 Å². The molecule has 0 heterocycles. The maximum Gasteiger partial charge on any atom is 0.158 e. The van der Waals surface area contributed by atoms with E-state index in [0.717, 1.165) is 12.8 Å². The summed E-state index contributed by atoms with van der Waals surface area (Å²) in [6.45, 7) is 8.03. The van der Waals surface area contributed by atoms with E-state index >= 15 is 0 Å². The average Bonchev–Trinajstić information content (AvgIpc) is 2.04. The molecular weight excluding hydrogens is 160 g/mol. The van der Waals surface area contributed by atoms with Crippen LogP contribution >= 0.6 is 0 Å². The predicted octanol–water partition coefficient (Wildman–Crippen LogP) is 3.51. The topological polar surface area (TPSA) is 17.1 Å². The first kappa shape index (κ1) is 12.2. The number of ketones is 1. The Morgan fingerprint density at radius 2 is 2.00 bits per heavy atom. The van der Waals surface area contributed by atoms with Gasteiger partial charge in [0.2, 0.25) is 0 Å². The molecule has 0 spiro atoms. The molecule has 1 unspecified atom stereocenters. The summed E-state index contributed by atoms with van der Waals surface area (Å²) in [6, 6.07) is 0. The SMILES string of the molecule is CC=CC(=O)C(C)CCC=C(C)C. The van der Waals surface area contributed by atoms with Gasteiger partial charge in [-0.2, -0.15) is 0 Å². The van der Waals surface area contributed by atoms with Gasteiger partial charge in [-0.1, -0.05) is 24.6 Å². The second-order valence-electron chi connectivity index (χ2n) is 3.66. The Hall–Kier alpha value is -0.850. The fourth-order valence-electron chi connectivity index (χ4n) is 1.09. The molecule has 0 N–H and O–H groups in total. The summed E-state index contributed by atoms with van der Waals surface area (Å²) in [7, 11) is 0. The molecule has 1 nitrogen and oxygen atoms in total. The summed E-state index contributed by atoms with van der Waals surface area (Å²) in [4.78, 5) is 11.3. The lowest BCUT2D eigenvalue weighted by atomic mass is 9.99. The van der Waals surface area contributed by atoms with Crippen LogP contribution in [0.4, 0.5) is 0 Å². The van der Waals surface area contributed by atoms with Crippen molar-refractivity contribution in [2.24, 2.45) is 5.92 Å². The molecule has 1 atom stereocenters. The second-order valence-corrected chi connectivity index (χ2v) is 3.66. The smallest absolute Gasteiger partial charge is 0.158 e. The Morgan fingerprint density at radius 1 is 1.38 bits per heavy atom. The lowest BCUT2D eigenvalue weighted by Crippen LogP contribution is -2.06. The van der Waals surface area contributed by atoms with Gasteiger partial charge in [0.25, 0.3) is 0 Å². The van der Waals surface area contributed by atoms with Crippen molar-refractivity contribution >= 4 is 5.78 Å². The van der Waals surface area contributed by atoms with Crippen LogP contribution in [0.1, 0.15) is 40.5 Å². The molecule has 0 aromatic heterocycles. The highest BCUT2D eigenvalue weighted by Crippen LogP contribution is 2.09. The van der Waals surface area contributed by atoms with E-state index in [1.54, 1.807) is 12.2 Å². The van der Waals surface area contributed by atoms with E-state index in [0.29, 0.717) is 0 Å². The third-order valence-corrected chi connectivity index (χ3v) is 1.97. The molecule has 0 saturated heterocycles. The average molecular weight is 180 g/mol. The Labute approximate surface area is 81.5 Å². The van der Waals surface area contributed by atoms with Crippen molar-refractivity contribution in [1.29, 1.82) is 0 Å². The van der Waals surface area contributed by atoms with Crippen molar-refractivity contribution in [3.05, 3.63) is 23.8 Å². The highest BCUT2D eigenvalue weighted by atomic mass is 16.1. The molecule has 0 rings (SSSR count). The van der Waals surface area contributed by atoms with Crippen molar-refractivity contribution in [2.75, 3.05) is 0 Å². The molecular formula is C12H20O. The molecule has 0 aromatic rings. The van der Waals surface area contributed by atoms with Crippen LogP contribution in [0.5, 0.6) is 0 Å². The molecule has 1 heteroatoms. The van der Waals surface area contributed by atoms with E-state index in [-0.39, 0.29) is 11.7 Å². The van der Waals surface area contributed by atoms with Crippen LogP contribution < -0.4 is 0 Å². The third kappa shape index (κ3) is 6.32. The van der Waals surface area contributed by atoms with Crippen molar-refractivity contribution in [1.82, 2.24) is 0 Å². The van der Waals surface area contributed by atoms with Crippen molar-refractivity contribution in [3.8, 4) is 0 Å². The van der Waals surface area contributed by atoms with Crippen LogP contribution in [0, 0.1) is 5.92 Å². The van der Waals surface area contributed by atoms with Gasteiger partial charge in [-0.3, -0.25) is 4.79 Å². The first-order valence-corrected chi connectivity index (χ1v) is 4.87. The molecule has 74 valence electrons. The van der Waals surface area contributed by atoms with E-state index < -0.39 is 0 Å². The number of carbonyl (C=O) groups excluding carboxylic acids is 1. The molecule has 0 aliphatic heterocycles. The Kier molecular flexibility index (Phi) is 6.21.